The van der Waals surface area contributed by atoms with Gasteiger partial charge in [0.2, 0.25) is 11.8 Å². The Labute approximate surface area is 228 Å². The number of hydrogen-bond acceptors (Lipinski definition) is 6. The molecule has 1 heterocycles. The minimum absolute atomic E-state index is 0.126. The molecule has 204 valence electrons. The number of aryl methyl sites for hydroxylation is 1. The zero-order valence-electron chi connectivity index (χ0n) is 23.5. The number of ether oxygens (including phenoxy) is 2. The molecule has 0 aliphatic carbocycles. The van der Waals surface area contributed by atoms with Gasteiger partial charge in [-0.05, 0) is 70.0 Å². The molecule has 1 N–H and O–H groups in total. The third kappa shape index (κ3) is 5.72. The van der Waals surface area contributed by atoms with Crippen molar-refractivity contribution in [3.63, 3.8) is 0 Å². The number of nitrogens with zero attached hydrogens (tertiary/aromatic N) is 4. The van der Waals surface area contributed by atoms with E-state index in [1.807, 2.05) is 77.1 Å². The third-order valence-electron chi connectivity index (χ3n) is 6.54. The number of carbonyl (C=O) groups excluding carboxylic acids is 2. The van der Waals surface area contributed by atoms with E-state index in [2.05, 4.69) is 15.6 Å². The number of benzene rings is 3. The molecule has 9 nitrogen and oxygen atoms in total. The molecular formula is C30H35N5O4. The SMILES string of the molecule is COc1cccc([C@@H](C(=O)NC(C)(C)C)N(C(=O)Cn2nnc3ccccc32)c2cccc(C)c2C)c1OC. The lowest BCUT2D eigenvalue weighted by molar-refractivity contribution is -0.128. The normalized spacial score (nSPS) is 12.2. The quantitative estimate of drug-likeness (QED) is 0.354. The summed E-state index contributed by atoms with van der Waals surface area (Å²) in [6.07, 6.45) is 0. The van der Waals surface area contributed by atoms with Crippen molar-refractivity contribution >= 4 is 28.5 Å². The van der Waals surface area contributed by atoms with E-state index in [0.717, 1.165) is 16.6 Å². The summed E-state index contributed by atoms with van der Waals surface area (Å²) in [5.41, 5.74) is 3.83. The molecule has 4 aromatic rings. The summed E-state index contributed by atoms with van der Waals surface area (Å²) in [4.78, 5) is 30.0. The Morgan fingerprint density at radius 3 is 2.38 bits per heavy atom. The monoisotopic (exact) mass is 529 g/mol. The maximum Gasteiger partial charge on any atom is 0.249 e. The molecule has 0 saturated carbocycles. The highest BCUT2D eigenvalue weighted by Gasteiger charge is 2.38. The Hall–Kier alpha value is -4.40. The lowest BCUT2D eigenvalue weighted by Gasteiger charge is -2.35. The van der Waals surface area contributed by atoms with Crippen LogP contribution in [0.25, 0.3) is 11.0 Å². The predicted octanol–water partition coefficient (Wildman–Crippen LogP) is 4.75. The molecule has 0 aliphatic heterocycles. The lowest BCUT2D eigenvalue weighted by atomic mass is 9.97. The van der Waals surface area contributed by atoms with Crippen LogP contribution in [-0.2, 0) is 16.1 Å². The van der Waals surface area contributed by atoms with Gasteiger partial charge >= 0.3 is 0 Å². The summed E-state index contributed by atoms with van der Waals surface area (Å²) >= 11 is 0. The number of amides is 2. The number of carbonyl (C=O) groups is 2. The third-order valence-corrected chi connectivity index (χ3v) is 6.54. The van der Waals surface area contributed by atoms with Crippen molar-refractivity contribution in [3.8, 4) is 11.5 Å². The number of fused-ring (bicyclic) bond motifs is 1. The van der Waals surface area contributed by atoms with E-state index in [9.17, 15) is 9.59 Å². The Morgan fingerprint density at radius 2 is 1.69 bits per heavy atom. The molecule has 0 unspecified atom stereocenters. The molecule has 0 saturated heterocycles. The van der Waals surface area contributed by atoms with Gasteiger partial charge in [0.25, 0.3) is 0 Å². The molecule has 1 aromatic heterocycles. The number of nitrogens with one attached hydrogen (secondary N) is 1. The van der Waals surface area contributed by atoms with Crippen molar-refractivity contribution in [1.82, 2.24) is 20.3 Å². The molecular weight excluding hydrogens is 494 g/mol. The van der Waals surface area contributed by atoms with Gasteiger partial charge in [0.1, 0.15) is 18.1 Å². The fourth-order valence-electron chi connectivity index (χ4n) is 4.62. The second-order valence-corrected chi connectivity index (χ2v) is 10.4. The summed E-state index contributed by atoms with van der Waals surface area (Å²) in [5, 5.41) is 11.5. The molecule has 4 rings (SSSR count). The van der Waals surface area contributed by atoms with Crippen LogP contribution >= 0.6 is 0 Å². The highest BCUT2D eigenvalue weighted by atomic mass is 16.5. The molecule has 0 aliphatic rings. The second-order valence-electron chi connectivity index (χ2n) is 10.4. The van der Waals surface area contributed by atoms with E-state index in [-0.39, 0.29) is 18.4 Å². The van der Waals surface area contributed by atoms with Crippen LogP contribution in [0.5, 0.6) is 11.5 Å². The number of methoxy groups -OCH3 is 2. The molecule has 2 amide bonds. The molecule has 0 spiro atoms. The summed E-state index contributed by atoms with van der Waals surface area (Å²) in [6, 6.07) is 17.4. The molecule has 39 heavy (non-hydrogen) atoms. The largest absolute Gasteiger partial charge is 0.493 e. The van der Waals surface area contributed by atoms with E-state index in [1.54, 1.807) is 22.9 Å². The zero-order chi connectivity index (χ0) is 28.3. The first kappa shape index (κ1) is 27.6. The van der Waals surface area contributed by atoms with Crippen LogP contribution in [0, 0.1) is 13.8 Å². The fraction of sp³-hybridized carbons (Fsp3) is 0.333. The summed E-state index contributed by atoms with van der Waals surface area (Å²) in [6.45, 7) is 9.49. The van der Waals surface area contributed by atoms with Gasteiger partial charge in [-0.3, -0.25) is 14.5 Å². The van der Waals surface area contributed by atoms with Crippen LogP contribution in [0.2, 0.25) is 0 Å². The van der Waals surface area contributed by atoms with Crippen LogP contribution in [0.1, 0.15) is 43.5 Å². The van der Waals surface area contributed by atoms with Crippen molar-refractivity contribution in [2.45, 2.75) is 52.7 Å². The summed E-state index contributed by atoms with van der Waals surface area (Å²) in [7, 11) is 3.06. The van der Waals surface area contributed by atoms with Gasteiger partial charge in [0.15, 0.2) is 11.5 Å². The first-order chi connectivity index (χ1) is 18.6. The zero-order valence-corrected chi connectivity index (χ0v) is 23.5. The number of rotatable bonds is 8. The van der Waals surface area contributed by atoms with E-state index in [0.29, 0.717) is 28.3 Å². The van der Waals surface area contributed by atoms with Crippen LogP contribution in [0.4, 0.5) is 5.69 Å². The highest BCUT2D eigenvalue weighted by molar-refractivity contribution is 6.02. The van der Waals surface area contributed by atoms with Crippen molar-refractivity contribution < 1.29 is 19.1 Å². The van der Waals surface area contributed by atoms with E-state index in [4.69, 9.17) is 9.47 Å². The Balaban J connectivity index is 1.94. The summed E-state index contributed by atoms with van der Waals surface area (Å²) in [5.74, 6) is 0.146. The smallest absolute Gasteiger partial charge is 0.249 e. The van der Waals surface area contributed by atoms with E-state index in [1.165, 1.54) is 19.1 Å². The number of anilines is 1. The van der Waals surface area contributed by atoms with Crippen molar-refractivity contribution in [2.24, 2.45) is 0 Å². The van der Waals surface area contributed by atoms with Crippen molar-refractivity contribution in [3.05, 3.63) is 77.4 Å². The van der Waals surface area contributed by atoms with Gasteiger partial charge in [0, 0.05) is 16.8 Å². The fourth-order valence-corrected chi connectivity index (χ4v) is 4.62. The number of aromatic nitrogens is 3. The first-order valence-electron chi connectivity index (χ1n) is 12.7. The van der Waals surface area contributed by atoms with Crippen molar-refractivity contribution in [1.29, 1.82) is 0 Å². The molecule has 0 fully saturated rings. The van der Waals surface area contributed by atoms with Gasteiger partial charge < -0.3 is 14.8 Å². The maximum atomic E-state index is 14.3. The lowest BCUT2D eigenvalue weighted by Crippen LogP contribution is -2.50. The number of para-hydroxylation sites is 2. The van der Waals surface area contributed by atoms with Gasteiger partial charge in [-0.2, -0.15) is 0 Å². The average molecular weight is 530 g/mol. The first-order valence-corrected chi connectivity index (χ1v) is 12.7. The van der Waals surface area contributed by atoms with Crippen LogP contribution in [-0.4, -0.2) is 46.6 Å². The Morgan fingerprint density at radius 1 is 0.974 bits per heavy atom. The molecule has 0 radical (unpaired) electrons. The maximum absolute atomic E-state index is 14.3. The summed E-state index contributed by atoms with van der Waals surface area (Å²) < 4.78 is 12.8. The van der Waals surface area contributed by atoms with Gasteiger partial charge in [-0.1, -0.05) is 41.6 Å². The standard InChI is InChI=1S/C30H35N5O4/c1-19-12-10-16-23(20(19)2)35(26(36)18-34-24-15-9-8-14-22(24)32-33-34)27(29(37)31-30(3,4)5)21-13-11-17-25(38-6)28(21)39-7/h8-17,27H,18H2,1-7H3,(H,31,37)/t27-/m0/s1. The minimum atomic E-state index is -1.07. The average Bonchev–Trinajstić information content (AvgIpc) is 3.30. The van der Waals surface area contributed by atoms with Crippen molar-refractivity contribution in [2.75, 3.05) is 19.1 Å². The highest BCUT2D eigenvalue weighted by Crippen LogP contribution is 2.40. The van der Waals surface area contributed by atoms with E-state index < -0.39 is 11.6 Å². The molecule has 1 atom stereocenters. The minimum Gasteiger partial charge on any atom is -0.493 e. The predicted molar refractivity (Wildman–Crippen MR) is 151 cm³/mol. The van der Waals surface area contributed by atoms with Gasteiger partial charge in [0.05, 0.1) is 19.7 Å². The molecule has 0 bridgehead atoms. The molecule has 3 aromatic carbocycles. The Kier molecular flexibility index (Phi) is 7.90. The van der Waals surface area contributed by atoms with Crippen LogP contribution < -0.4 is 19.7 Å². The van der Waals surface area contributed by atoms with Gasteiger partial charge in [-0.25, -0.2) is 4.68 Å². The second kappa shape index (κ2) is 11.1. The van der Waals surface area contributed by atoms with Crippen LogP contribution in [0.3, 0.4) is 0 Å². The Bertz CT molecular complexity index is 1510. The van der Waals surface area contributed by atoms with E-state index >= 15 is 0 Å². The number of hydrogen-bond donors (Lipinski definition) is 1. The van der Waals surface area contributed by atoms with Crippen LogP contribution in [0.15, 0.2) is 60.7 Å². The molecule has 9 heteroatoms. The van der Waals surface area contributed by atoms with Gasteiger partial charge in [-0.15, -0.1) is 5.10 Å². The topological polar surface area (TPSA) is 98.6 Å².